The average molecular weight is 205 g/mol. The molecule has 0 aromatic rings. The summed E-state index contributed by atoms with van der Waals surface area (Å²) in [5, 5.41) is 12.2. The molecule has 0 aromatic heterocycles. The summed E-state index contributed by atoms with van der Waals surface area (Å²) in [7, 11) is 0. The van der Waals surface area contributed by atoms with Crippen molar-refractivity contribution in [3.63, 3.8) is 0 Å². The lowest BCUT2D eigenvalue weighted by Crippen LogP contribution is -2.24. The number of aliphatic hydroxyl groups excluding tert-OH is 1. The summed E-state index contributed by atoms with van der Waals surface area (Å²) < 4.78 is 0. The van der Waals surface area contributed by atoms with Gasteiger partial charge in [-0.2, -0.15) is 11.8 Å². The summed E-state index contributed by atoms with van der Waals surface area (Å²) in [6.07, 6.45) is 1.22. The Bertz CT molecular complexity index is 109. The molecule has 0 bridgehead atoms. The van der Waals surface area contributed by atoms with Gasteiger partial charge in [0.25, 0.3) is 0 Å². The Labute approximate surface area is 86.5 Å². The van der Waals surface area contributed by atoms with Crippen molar-refractivity contribution in [2.75, 3.05) is 24.7 Å². The van der Waals surface area contributed by atoms with E-state index in [1.54, 1.807) is 0 Å². The molecular formula is C10H23NOS. The second-order valence-corrected chi connectivity index (χ2v) is 4.97. The Morgan fingerprint density at radius 2 is 2.00 bits per heavy atom. The zero-order chi connectivity index (χ0) is 10.1. The monoisotopic (exact) mass is 205 g/mol. The average Bonchev–Trinajstić information content (AvgIpc) is 2.10. The van der Waals surface area contributed by atoms with Crippen LogP contribution in [0.15, 0.2) is 0 Å². The van der Waals surface area contributed by atoms with E-state index in [-0.39, 0.29) is 0 Å². The molecule has 0 heterocycles. The maximum absolute atomic E-state index is 8.78. The summed E-state index contributed by atoms with van der Waals surface area (Å²) in [4.78, 5) is 0. The number of hydrogen-bond acceptors (Lipinski definition) is 3. The van der Waals surface area contributed by atoms with Crippen molar-refractivity contribution in [1.82, 2.24) is 5.32 Å². The van der Waals surface area contributed by atoms with Crippen LogP contribution in [0.4, 0.5) is 0 Å². The molecule has 2 nitrogen and oxygen atoms in total. The third-order valence-electron chi connectivity index (χ3n) is 1.73. The van der Waals surface area contributed by atoms with Crippen LogP contribution in [0.5, 0.6) is 0 Å². The van der Waals surface area contributed by atoms with E-state index in [9.17, 15) is 0 Å². The Morgan fingerprint density at radius 3 is 2.54 bits per heavy atom. The first-order valence-corrected chi connectivity index (χ1v) is 6.24. The van der Waals surface area contributed by atoms with Crippen LogP contribution in [0.2, 0.25) is 0 Å². The van der Waals surface area contributed by atoms with Gasteiger partial charge >= 0.3 is 0 Å². The van der Waals surface area contributed by atoms with E-state index >= 15 is 0 Å². The highest BCUT2D eigenvalue weighted by molar-refractivity contribution is 7.99. The summed E-state index contributed by atoms with van der Waals surface area (Å²) in [6, 6.07) is 0.598. The SMILES string of the molecule is CC(CO)CSCCCNC(C)C. The predicted molar refractivity (Wildman–Crippen MR) is 61.3 cm³/mol. The lowest BCUT2D eigenvalue weighted by Gasteiger charge is -2.09. The molecule has 0 aromatic carbocycles. The van der Waals surface area contributed by atoms with Crippen LogP contribution in [-0.2, 0) is 0 Å². The van der Waals surface area contributed by atoms with Gasteiger partial charge < -0.3 is 10.4 Å². The topological polar surface area (TPSA) is 32.3 Å². The molecule has 0 aliphatic carbocycles. The first kappa shape index (κ1) is 13.3. The van der Waals surface area contributed by atoms with Crippen LogP contribution >= 0.6 is 11.8 Å². The Balaban J connectivity index is 2.99. The lowest BCUT2D eigenvalue weighted by molar-refractivity contribution is 0.250. The van der Waals surface area contributed by atoms with E-state index in [1.807, 2.05) is 11.8 Å². The van der Waals surface area contributed by atoms with Gasteiger partial charge in [0.1, 0.15) is 0 Å². The van der Waals surface area contributed by atoms with Gasteiger partial charge in [-0.25, -0.2) is 0 Å². The molecule has 0 rings (SSSR count). The number of hydrogen-bond donors (Lipinski definition) is 2. The molecule has 80 valence electrons. The van der Waals surface area contributed by atoms with Crippen molar-refractivity contribution in [3.05, 3.63) is 0 Å². The molecule has 0 aliphatic rings. The molecule has 0 fully saturated rings. The summed E-state index contributed by atoms with van der Waals surface area (Å²) in [5.74, 6) is 2.73. The van der Waals surface area contributed by atoms with Gasteiger partial charge in [-0.3, -0.25) is 0 Å². The Morgan fingerprint density at radius 1 is 1.31 bits per heavy atom. The second kappa shape index (κ2) is 8.85. The molecule has 2 N–H and O–H groups in total. The Kier molecular flexibility index (Phi) is 9.03. The highest BCUT2D eigenvalue weighted by Gasteiger charge is 1.99. The summed E-state index contributed by atoms with van der Waals surface area (Å²) in [5.41, 5.74) is 0. The number of aliphatic hydroxyl groups is 1. The van der Waals surface area contributed by atoms with E-state index in [0.717, 1.165) is 12.3 Å². The van der Waals surface area contributed by atoms with Crippen LogP contribution in [0.1, 0.15) is 27.2 Å². The molecule has 3 heteroatoms. The zero-order valence-corrected chi connectivity index (χ0v) is 9.86. The van der Waals surface area contributed by atoms with Gasteiger partial charge in [0, 0.05) is 12.6 Å². The smallest absolute Gasteiger partial charge is 0.0464 e. The van der Waals surface area contributed by atoms with E-state index in [1.165, 1.54) is 12.2 Å². The van der Waals surface area contributed by atoms with Gasteiger partial charge in [0.15, 0.2) is 0 Å². The summed E-state index contributed by atoms with van der Waals surface area (Å²) >= 11 is 1.94. The van der Waals surface area contributed by atoms with E-state index < -0.39 is 0 Å². The number of nitrogens with one attached hydrogen (secondary N) is 1. The molecular weight excluding hydrogens is 182 g/mol. The largest absolute Gasteiger partial charge is 0.396 e. The maximum Gasteiger partial charge on any atom is 0.0464 e. The molecule has 1 unspecified atom stereocenters. The van der Waals surface area contributed by atoms with Crippen LogP contribution in [0.25, 0.3) is 0 Å². The first-order chi connectivity index (χ1) is 6.16. The minimum Gasteiger partial charge on any atom is -0.396 e. The molecule has 0 saturated heterocycles. The summed E-state index contributed by atoms with van der Waals surface area (Å²) in [6.45, 7) is 7.84. The van der Waals surface area contributed by atoms with Crippen molar-refractivity contribution >= 4 is 11.8 Å². The van der Waals surface area contributed by atoms with Crippen molar-refractivity contribution in [2.45, 2.75) is 33.2 Å². The van der Waals surface area contributed by atoms with Crippen LogP contribution in [-0.4, -0.2) is 35.8 Å². The quantitative estimate of drug-likeness (QED) is 0.592. The maximum atomic E-state index is 8.78. The van der Waals surface area contributed by atoms with Crippen molar-refractivity contribution in [3.8, 4) is 0 Å². The van der Waals surface area contributed by atoms with Gasteiger partial charge in [0.2, 0.25) is 0 Å². The van der Waals surface area contributed by atoms with Gasteiger partial charge in [-0.15, -0.1) is 0 Å². The fourth-order valence-electron chi connectivity index (χ4n) is 0.902. The highest BCUT2D eigenvalue weighted by Crippen LogP contribution is 2.08. The fraction of sp³-hybridized carbons (Fsp3) is 1.00. The molecule has 13 heavy (non-hydrogen) atoms. The van der Waals surface area contributed by atoms with Gasteiger partial charge in [0.05, 0.1) is 0 Å². The molecule has 0 aliphatic heterocycles. The van der Waals surface area contributed by atoms with E-state index in [4.69, 9.17) is 5.11 Å². The minimum absolute atomic E-state index is 0.317. The standard InChI is InChI=1S/C10H23NOS/c1-9(2)11-5-4-6-13-8-10(3)7-12/h9-12H,4-8H2,1-3H3. The third-order valence-corrected chi connectivity index (χ3v) is 3.11. The third kappa shape index (κ3) is 10.2. The molecule has 1 atom stereocenters. The number of thioether (sulfide) groups is 1. The number of rotatable bonds is 8. The molecule has 0 saturated carbocycles. The molecule has 0 spiro atoms. The fourth-order valence-corrected chi connectivity index (χ4v) is 1.93. The molecule has 0 amide bonds. The lowest BCUT2D eigenvalue weighted by atomic mass is 10.2. The van der Waals surface area contributed by atoms with Crippen LogP contribution in [0, 0.1) is 5.92 Å². The van der Waals surface area contributed by atoms with Crippen molar-refractivity contribution in [2.24, 2.45) is 5.92 Å². The van der Waals surface area contributed by atoms with Gasteiger partial charge in [-0.05, 0) is 30.4 Å². The zero-order valence-electron chi connectivity index (χ0n) is 9.05. The highest BCUT2D eigenvalue weighted by atomic mass is 32.2. The van der Waals surface area contributed by atoms with Crippen molar-refractivity contribution < 1.29 is 5.11 Å². The Hall–Kier alpha value is 0.270. The molecule has 0 radical (unpaired) electrons. The van der Waals surface area contributed by atoms with E-state index in [2.05, 4.69) is 26.1 Å². The second-order valence-electron chi connectivity index (χ2n) is 3.83. The first-order valence-electron chi connectivity index (χ1n) is 5.08. The van der Waals surface area contributed by atoms with Gasteiger partial charge in [-0.1, -0.05) is 20.8 Å². The van der Waals surface area contributed by atoms with Crippen LogP contribution in [0.3, 0.4) is 0 Å². The minimum atomic E-state index is 0.317. The predicted octanol–water partition coefficient (Wildman–Crippen LogP) is 1.74. The van der Waals surface area contributed by atoms with Crippen LogP contribution < -0.4 is 5.32 Å². The normalized spacial score (nSPS) is 13.6. The van der Waals surface area contributed by atoms with Crippen molar-refractivity contribution in [1.29, 1.82) is 0 Å². The van der Waals surface area contributed by atoms with E-state index in [0.29, 0.717) is 18.6 Å².